The van der Waals surface area contributed by atoms with Crippen LogP contribution in [0, 0.1) is 11.6 Å². The lowest BCUT2D eigenvalue weighted by molar-refractivity contribution is -0.460. The highest BCUT2D eigenvalue weighted by molar-refractivity contribution is 6.33. The Morgan fingerprint density at radius 1 is 1.23 bits per heavy atom. The molecule has 1 aromatic carbocycles. The fourth-order valence-corrected chi connectivity index (χ4v) is 4.46. The number of urea groups is 1. The van der Waals surface area contributed by atoms with Crippen LogP contribution in [-0.4, -0.2) is 37.5 Å². The minimum Gasteiger partial charge on any atom is -0.268 e. The molecule has 5 rings (SSSR count). The molecule has 31 heavy (non-hydrogen) atoms. The quantitative estimate of drug-likeness (QED) is 0.594. The smallest absolute Gasteiger partial charge is 0.268 e. The molecule has 0 radical (unpaired) electrons. The van der Waals surface area contributed by atoms with Crippen molar-refractivity contribution in [2.45, 2.75) is 25.3 Å². The normalized spacial score (nSPS) is 16.9. The molecule has 2 bridgehead atoms. The number of amides is 2. The lowest BCUT2D eigenvalue weighted by atomic mass is 10.0. The second kappa shape index (κ2) is 7.35. The molecule has 0 fully saturated rings. The predicted molar refractivity (Wildman–Crippen MR) is 110 cm³/mol. The number of pyridine rings is 1. The summed E-state index contributed by atoms with van der Waals surface area (Å²) in [5.41, 5.74) is 2.27. The Labute approximate surface area is 179 Å². The molecule has 0 saturated heterocycles. The molecule has 2 aliphatic heterocycles. The first kappa shape index (κ1) is 19.5. The van der Waals surface area contributed by atoms with Crippen LogP contribution in [0.15, 0.2) is 41.5 Å². The average molecular weight is 443 g/mol. The highest BCUT2D eigenvalue weighted by atomic mass is 35.5. The summed E-state index contributed by atoms with van der Waals surface area (Å²) in [6.45, 7) is 0. The lowest BCUT2D eigenvalue weighted by Crippen LogP contribution is -2.40. The number of hydrogen-bond donors (Lipinski definition) is 2. The Bertz CT molecular complexity index is 1340. The molecule has 1 atom stereocenters. The molecule has 156 valence electrons. The van der Waals surface area contributed by atoms with E-state index >= 15 is 0 Å². The van der Waals surface area contributed by atoms with Crippen molar-refractivity contribution in [3.05, 3.63) is 74.9 Å². The number of rotatable bonds is 2. The molecule has 4 heterocycles. The van der Waals surface area contributed by atoms with Crippen molar-refractivity contribution in [3.63, 3.8) is 0 Å². The molecule has 0 spiro atoms. The maximum Gasteiger partial charge on any atom is 0.496 e. The first-order valence-electron chi connectivity index (χ1n) is 9.55. The van der Waals surface area contributed by atoms with Crippen molar-refractivity contribution in [3.8, 4) is 11.1 Å². The van der Waals surface area contributed by atoms with E-state index in [9.17, 15) is 18.4 Å². The number of carbonyl (C=O) groups excluding carboxylic acids is 1. The molecule has 0 unspecified atom stereocenters. The topological polar surface area (TPSA) is 90.8 Å². The van der Waals surface area contributed by atoms with Crippen molar-refractivity contribution < 1.29 is 18.2 Å². The number of aromatic nitrogens is 3. The second-order valence-electron chi connectivity index (χ2n) is 7.45. The molecular weight excluding hydrogens is 428 g/mol. The summed E-state index contributed by atoms with van der Waals surface area (Å²) >= 11 is 6.28. The van der Waals surface area contributed by atoms with Gasteiger partial charge in [-0.15, -0.1) is 0 Å². The molecule has 2 amide bonds. The summed E-state index contributed by atoms with van der Waals surface area (Å²) in [4.78, 5) is 28.3. The zero-order valence-corrected chi connectivity index (χ0v) is 16.7. The van der Waals surface area contributed by atoms with Crippen LogP contribution in [-0.2, 0) is 6.42 Å². The number of aromatic amines is 1. The van der Waals surface area contributed by atoms with Gasteiger partial charge in [0.25, 0.3) is 5.56 Å². The molecule has 2 aliphatic rings. The summed E-state index contributed by atoms with van der Waals surface area (Å²) in [5.74, 6) is -1.28. The molecule has 2 aromatic heterocycles. The van der Waals surface area contributed by atoms with Gasteiger partial charge in [-0.25, -0.2) is 19.2 Å². The maximum atomic E-state index is 14.8. The molecule has 0 aliphatic carbocycles. The van der Waals surface area contributed by atoms with E-state index in [1.807, 2.05) is 0 Å². The third kappa shape index (κ3) is 3.40. The van der Waals surface area contributed by atoms with Crippen LogP contribution in [0.5, 0.6) is 0 Å². The average Bonchev–Trinajstić information content (AvgIpc) is 3.05. The van der Waals surface area contributed by atoms with Crippen LogP contribution in [0.1, 0.15) is 24.1 Å². The van der Waals surface area contributed by atoms with Gasteiger partial charge in [-0.1, -0.05) is 11.6 Å². The summed E-state index contributed by atoms with van der Waals surface area (Å²) in [5, 5.41) is 9.21. The number of hydrogen-bond acceptors (Lipinski definition) is 4. The molecule has 10 heteroatoms. The lowest BCUT2D eigenvalue weighted by Gasteiger charge is -2.18. The third-order valence-electron chi connectivity index (χ3n) is 5.52. The number of anilines is 1. The highest BCUT2D eigenvalue weighted by Gasteiger charge is 2.42. The Morgan fingerprint density at radius 3 is 2.87 bits per heavy atom. The van der Waals surface area contributed by atoms with Crippen LogP contribution in [0.2, 0.25) is 5.02 Å². The van der Waals surface area contributed by atoms with Crippen molar-refractivity contribution in [1.29, 1.82) is 0 Å². The van der Waals surface area contributed by atoms with Crippen LogP contribution >= 0.6 is 11.6 Å². The SMILES string of the molecule is O=C(Nc1cc(Cl)c(-c2cncc(F)c2)cc1F)[N+]1=C2CC[C@H]1Cc1cc(=O)[nH]nc12. The predicted octanol–water partition coefficient (Wildman–Crippen LogP) is 3.52. The van der Waals surface area contributed by atoms with E-state index < -0.39 is 17.7 Å². The van der Waals surface area contributed by atoms with Gasteiger partial charge in [0, 0.05) is 42.3 Å². The maximum absolute atomic E-state index is 14.8. The monoisotopic (exact) mass is 442 g/mol. The Morgan fingerprint density at radius 2 is 2.06 bits per heavy atom. The summed E-state index contributed by atoms with van der Waals surface area (Å²) in [7, 11) is 0. The molecule has 0 saturated carbocycles. The first-order chi connectivity index (χ1) is 14.9. The van der Waals surface area contributed by atoms with Crippen LogP contribution < -0.4 is 10.9 Å². The van der Waals surface area contributed by atoms with Gasteiger partial charge in [-0.2, -0.15) is 14.5 Å². The number of H-pyrrole nitrogens is 1. The number of nitrogens with one attached hydrogen (secondary N) is 2. The van der Waals surface area contributed by atoms with Gasteiger partial charge < -0.3 is 0 Å². The van der Waals surface area contributed by atoms with E-state index in [4.69, 9.17) is 11.6 Å². The minimum atomic E-state index is -0.714. The number of benzene rings is 1. The van der Waals surface area contributed by atoms with E-state index in [1.54, 1.807) is 4.58 Å². The van der Waals surface area contributed by atoms with E-state index in [-0.39, 0.29) is 27.9 Å². The van der Waals surface area contributed by atoms with Gasteiger partial charge in [-0.3, -0.25) is 9.78 Å². The number of halogens is 3. The molecule has 7 nitrogen and oxygen atoms in total. The van der Waals surface area contributed by atoms with E-state index in [2.05, 4.69) is 20.5 Å². The Hall–Kier alpha value is -3.46. The Kier molecular flexibility index (Phi) is 4.62. The second-order valence-corrected chi connectivity index (χ2v) is 7.86. The minimum absolute atomic E-state index is 0.0941. The molecule has 2 N–H and O–H groups in total. The van der Waals surface area contributed by atoms with E-state index in [0.717, 1.165) is 24.2 Å². The molecular formula is C21H15ClF2N5O2+. The van der Waals surface area contributed by atoms with Crippen molar-refractivity contribution in [1.82, 2.24) is 15.2 Å². The van der Waals surface area contributed by atoms with Gasteiger partial charge in [0.2, 0.25) is 0 Å². The van der Waals surface area contributed by atoms with Crippen molar-refractivity contribution in [2.24, 2.45) is 0 Å². The van der Waals surface area contributed by atoms with Crippen molar-refractivity contribution in [2.75, 3.05) is 5.32 Å². The number of fused-ring (bicyclic) bond motifs is 3. The fourth-order valence-electron chi connectivity index (χ4n) is 4.19. The van der Waals surface area contributed by atoms with Crippen molar-refractivity contribution >= 4 is 29.0 Å². The van der Waals surface area contributed by atoms with Gasteiger partial charge in [0.1, 0.15) is 23.3 Å². The Balaban J connectivity index is 1.47. The van der Waals surface area contributed by atoms with Gasteiger partial charge in [0.05, 0.1) is 11.2 Å². The number of carbonyl (C=O) groups is 1. The fraction of sp³-hybridized carbons (Fsp3) is 0.190. The number of nitrogens with zero attached hydrogens (tertiary/aromatic N) is 3. The highest BCUT2D eigenvalue weighted by Crippen LogP contribution is 2.33. The zero-order chi connectivity index (χ0) is 21.7. The standard InChI is InChI=1S/C21H14ClF2N5O2/c22-15-7-17(16(24)6-14(15)11-3-12(23)9-25-8-11)26-21(31)29-13-1-2-18(29)20-10(4-13)5-19(30)27-28-20/h3,5-9,13H,1-2,4H2,(H,26,31)/p+1/t13-/m0/s1. The van der Waals surface area contributed by atoms with Crippen LogP contribution in [0.4, 0.5) is 19.3 Å². The zero-order valence-electron chi connectivity index (χ0n) is 16.0. The first-order valence-corrected chi connectivity index (χ1v) is 9.93. The van der Waals surface area contributed by atoms with E-state index in [0.29, 0.717) is 29.8 Å². The van der Waals surface area contributed by atoms with Crippen LogP contribution in [0.3, 0.4) is 0 Å². The van der Waals surface area contributed by atoms with Crippen LogP contribution in [0.25, 0.3) is 11.1 Å². The van der Waals surface area contributed by atoms with E-state index in [1.165, 1.54) is 24.4 Å². The van der Waals surface area contributed by atoms with Gasteiger partial charge >= 0.3 is 6.03 Å². The third-order valence-corrected chi connectivity index (χ3v) is 5.83. The summed E-state index contributed by atoms with van der Waals surface area (Å²) in [6, 6.07) is 4.47. The summed E-state index contributed by atoms with van der Waals surface area (Å²) in [6.07, 6.45) is 4.26. The summed E-state index contributed by atoms with van der Waals surface area (Å²) < 4.78 is 29.8. The van der Waals surface area contributed by atoms with Gasteiger partial charge in [-0.05, 0) is 24.1 Å². The largest absolute Gasteiger partial charge is 0.496 e. The van der Waals surface area contributed by atoms with Gasteiger partial charge in [0.15, 0.2) is 11.5 Å². The molecule has 3 aromatic rings.